The zero-order valence-corrected chi connectivity index (χ0v) is 17.8. The summed E-state index contributed by atoms with van der Waals surface area (Å²) in [5.74, 6) is -0.604. The van der Waals surface area contributed by atoms with E-state index in [9.17, 15) is 17.6 Å². The monoisotopic (exact) mass is 445 g/mol. The Morgan fingerprint density at radius 2 is 1.69 bits per heavy atom. The van der Waals surface area contributed by atoms with Crippen LogP contribution in [0, 0.1) is 5.82 Å². The van der Waals surface area contributed by atoms with Gasteiger partial charge in [-0.05, 0) is 24.3 Å². The average molecular weight is 446 g/mol. The number of amides is 1. The molecule has 0 spiro atoms. The highest BCUT2D eigenvalue weighted by Crippen LogP contribution is 2.36. The van der Waals surface area contributed by atoms with Crippen LogP contribution in [0.2, 0.25) is 5.02 Å². The predicted molar refractivity (Wildman–Crippen MR) is 110 cm³/mol. The van der Waals surface area contributed by atoms with E-state index in [1.54, 1.807) is 0 Å². The first-order valence-electron chi connectivity index (χ1n) is 8.27. The van der Waals surface area contributed by atoms with Crippen molar-refractivity contribution in [2.75, 3.05) is 44.5 Å². The summed E-state index contributed by atoms with van der Waals surface area (Å²) in [4.78, 5) is 12.6. The first-order chi connectivity index (χ1) is 13.6. The van der Waals surface area contributed by atoms with Gasteiger partial charge in [0.25, 0.3) is 0 Å². The molecule has 0 bridgehead atoms. The topological polar surface area (TPSA) is 88.2 Å². The summed E-state index contributed by atoms with van der Waals surface area (Å²) in [6, 6.07) is 7.69. The Labute approximate surface area is 174 Å². The van der Waals surface area contributed by atoms with Crippen LogP contribution in [0.3, 0.4) is 0 Å². The van der Waals surface area contributed by atoms with Gasteiger partial charge in [0.1, 0.15) is 23.9 Å². The van der Waals surface area contributed by atoms with Gasteiger partial charge in [-0.25, -0.2) is 8.70 Å². The van der Waals surface area contributed by atoms with Crippen LogP contribution in [0.5, 0.6) is 11.5 Å². The minimum atomic E-state index is -4.02. The van der Waals surface area contributed by atoms with Gasteiger partial charge in [-0.3, -0.25) is 4.79 Å². The molecule has 0 unspecified atom stereocenters. The van der Waals surface area contributed by atoms with Crippen LogP contribution in [-0.4, -0.2) is 53.5 Å². The highest BCUT2D eigenvalue weighted by Gasteiger charge is 2.27. The van der Waals surface area contributed by atoms with E-state index >= 15 is 0 Å². The van der Waals surface area contributed by atoms with Crippen molar-refractivity contribution in [1.29, 1.82) is 0 Å². The molecule has 8 nitrogen and oxygen atoms in total. The molecule has 158 valence electrons. The third-order valence-corrected chi connectivity index (χ3v) is 6.00. The van der Waals surface area contributed by atoms with Crippen LogP contribution in [0.15, 0.2) is 36.4 Å². The van der Waals surface area contributed by atoms with Gasteiger partial charge >= 0.3 is 10.2 Å². The fourth-order valence-electron chi connectivity index (χ4n) is 2.39. The molecule has 2 aromatic rings. The number of hydrogen-bond donors (Lipinski definition) is 1. The molecule has 11 heteroatoms. The number of nitrogens with one attached hydrogen (secondary N) is 1. The summed E-state index contributed by atoms with van der Waals surface area (Å²) in [5, 5.41) is 2.87. The van der Waals surface area contributed by atoms with Crippen LogP contribution in [-0.2, 0) is 15.0 Å². The van der Waals surface area contributed by atoms with Gasteiger partial charge in [-0.15, -0.1) is 0 Å². The van der Waals surface area contributed by atoms with E-state index in [-0.39, 0.29) is 22.1 Å². The van der Waals surface area contributed by atoms with Crippen molar-refractivity contribution in [1.82, 2.24) is 4.31 Å². The lowest BCUT2D eigenvalue weighted by Gasteiger charge is -2.27. The van der Waals surface area contributed by atoms with Crippen LogP contribution in [0.1, 0.15) is 0 Å². The van der Waals surface area contributed by atoms with Gasteiger partial charge in [0.05, 0.1) is 30.6 Å². The molecule has 0 fully saturated rings. The van der Waals surface area contributed by atoms with Gasteiger partial charge in [-0.1, -0.05) is 11.6 Å². The molecule has 0 aliphatic carbocycles. The van der Waals surface area contributed by atoms with E-state index < -0.39 is 28.5 Å². The van der Waals surface area contributed by atoms with Crippen LogP contribution in [0.25, 0.3) is 0 Å². The number of anilines is 2. The third kappa shape index (κ3) is 5.28. The number of nitrogens with zero attached hydrogens (tertiary/aromatic N) is 2. The Kier molecular flexibility index (Phi) is 7.28. The van der Waals surface area contributed by atoms with Gasteiger partial charge in [-0.2, -0.15) is 12.7 Å². The maximum Gasteiger partial charge on any atom is 0.304 e. The summed E-state index contributed by atoms with van der Waals surface area (Å²) >= 11 is 6.05. The third-order valence-electron chi connectivity index (χ3n) is 3.89. The second-order valence-corrected chi connectivity index (χ2v) is 8.48. The lowest BCUT2D eigenvalue weighted by atomic mass is 10.2. The summed E-state index contributed by atoms with van der Waals surface area (Å²) < 4.78 is 50.8. The molecule has 2 aromatic carbocycles. The fourth-order valence-corrected chi connectivity index (χ4v) is 3.68. The predicted octanol–water partition coefficient (Wildman–Crippen LogP) is 2.75. The molecule has 1 amide bonds. The molecule has 0 saturated carbocycles. The fraction of sp³-hybridized carbons (Fsp3) is 0.278. The van der Waals surface area contributed by atoms with E-state index in [0.717, 1.165) is 20.7 Å². The SMILES string of the molecule is COc1cc(NC(=O)CN(c2ccc(F)cc2)S(=O)(=O)N(C)C)c(OC)cc1Cl. The van der Waals surface area contributed by atoms with Crippen molar-refractivity contribution in [2.24, 2.45) is 0 Å². The van der Waals surface area contributed by atoms with Crippen molar-refractivity contribution < 1.29 is 27.1 Å². The molecule has 0 heterocycles. The highest BCUT2D eigenvalue weighted by atomic mass is 35.5. The van der Waals surface area contributed by atoms with Gasteiger partial charge in [0, 0.05) is 26.2 Å². The standard InChI is InChI=1S/C18H21ClFN3O5S/c1-22(2)29(25,26)23(13-7-5-12(20)6-8-13)11-18(24)21-15-10-16(27-3)14(19)9-17(15)28-4/h5-10H,11H2,1-4H3,(H,21,24). The Balaban J connectivity index is 2.35. The number of carbonyl (C=O) groups excluding carboxylic acids is 1. The molecule has 0 aliphatic heterocycles. The Morgan fingerprint density at radius 1 is 1.10 bits per heavy atom. The molecule has 0 radical (unpaired) electrons. The molecule has 0 aliphatic rings. The van der Waals surface area contributed by atoms with Crippen molar-refractivity contribution in [2.45, 2.75) is 0 Å². The quantitative estimate of drug-likeness (QED) is 0.675. The van der Waals surface area contributed by atoms with Crippen molar-refractivity contribution in [3.63, 3.8) is 0 Å². The smallest absolute Gasteiger partial charge is 0.304 e. The van der Waals surface area contributed by atoms with E-state index in [1.165, 1.54) is 52.6 Å². The van der Waals surface area contributed by atoms with E-state index in [1.807, 2.05) is 0 Å². The Hall–Kier alpha value is -2.56. The number of carbonyl (C=O) groups is 1. The van der Waals surface area contributed by atoms with Crippen LogP contribution < -0.4 is 19.1 Å². The molecule has 2 rings (SSSR count). The molecule has 0 saturated heterocycles. The summed E-state index contributed by atoms with van der Waals surface area (Å²) in [7, 11) is 1.45. The minimum Gasteiger partial charge on any atom is -0.495 e. The normalized spacial score (nSPS) is 11.3. The Morgan fingerprint density at radius 3 is 2.21 bits per heavy atom. The number of hydrogen-bond acceptors (Lipinski definition) is 5. The van der Waals surface area contributed by atoms with Crippen molar-refractivity contribution in [3.8, 4) is 11.5 Å². The highest BCUT2D eigenvalue weighted by molar-refractivity contribution is 7.90. The van der Waals surface area contributed by atoms with Crippen LogP contribution in [0.4, 0.5) is 15.8 Å². The van der Waals surface area contributed by atoms with Gasteiger partial charge in [0.15, 0.2) is 0 Å². The van der Waals surface area contributed by atoms with Crippen molar-refractivity contribution in [3.05, 3.63) is 47.2 Å². The minimum absolute atomic E-state index is 0.135. The first-order valence-corrected chi connectivity index (χ1v) is 10.0. The van der Waals surface area contributed by atoms with Crippen LogP contribution >= 0.6 is 11.6 Å². The number of halogens is 2. The Bertz CT molecular complexity index is 984. The summed E-state index contributed by atoms with van der Waals surface area (Å²) in [6.45, 7) is -0.555. The molecule has 0 aromatic heterocycles. The molecule has 0 atom stereocenters. The first kappa shape index (κ1) is 22.7. The molecule has 29 heavy (non-hydrogen) atoms. The largest absolute Gasteiger partial charge is 0.495 e. The molecular formula is C18H21ClFN3O5S. The number of rotatable bonds is 8. The second-order valence-electron chi connectivity index (χ2n) is 6.01. The van der Waals surface area contributed by atoms with Crippen molar-refractivity contribution >= 4 is 39.1 Å². The maximum atomic E-state index is 13.2. The maximum absolute atomic E-state index is 13.2. The number of benzene rings is 2. The van der Waals surface area contributed by atoms with E-state index in [2.05, 4.69) is 5.32 Å². The zero-order valence-electron chi connectivity index (χ0n) is 16.3. The lowest BCUT2D eigenvalue weighted by molar-refractivity contribution is -0.114. The van der Waals surface area contributed by atoms with E-state index in [0.29, 0.717) is 5.75 Å². The van der Waals surface area contributed by atoms with Gasteiger partial charge in [0.2, 0.25) is 5.91 Å². The van der Waals surface area contributed by atoms with E-state index in [4.69, 9.17) is 21.1 Å². The van der Waals surface area contributed by atoms with Gasteiger partial charge < -0.3 is 14.8 Å². The second kappa shape index (κ2) is 9.29. The lowest BCUT2D eigenvalue weighted by Crippen LogP contribution is -2.44. The summed E-state index contributed by atoms with van der Waals surface area (Å²) in [6.07, 6.45) is 0. The molecular weight excluding hydrogens is 425 g/mol. The average Bonchev–Trinajstić information content (AvgIpc) is 2.67. The summed E-state index contributed by atoms with van der Waals surface area (Å²) in [5.41, 5.74) is 0.385. The number of ether oxygens (including phenoxy) is 2. The zero-order chi connectivity index (χ0) is 21.8. The molecule has 1 N–H and O–H groups in total. The number of methoxy groups -OCH3 is 2.